The monoisotopic (exact) mass is 664 g/mol. The first-order valence-corrected chi connectivity index (χ1v) is 18.3. The molecule has 0 unspecified atom stereocenters. The maximum atomic E-state index is 2.46. The molecule has 0 aliphatic heterocycles. The Labute approximate surface area is 301 Å². The Morgan fingerprint density at radius 3 is 1.37 bits per heavy atom. The average molecular weight is 665 g/mol. The molecular weight excluding hydrogens is 633 g/mol. The predicted molar refractivity (Wildman–Crippen MR) is 222 cm³/mol. The Bertz CT molecular complexity index is 2900. The van der Waals surface area contributed by atoms with Crippen molar-refractivity contribution >= 4 is 53.1 Å². The zero-order chi connectivity index (χ0) is 33.7. The molecule has 0 saturated carbocycles. The van der Waals surface area contributed by atoms with Gasteiger partial charge in [0.05, 0.1) is 0 Å². The van der Waals surface area contributed by atoms with Crippen LogP contribution in [0.5, 0.6) is 0 Å². The number of thiophene rings is 1. The van der Waals surface area contributed by atoms with Crippen molar-refractivity contribution in [2.75, 3.05) is 0 Å². The molecule has 0 nitrogen and oxygen atoms in total. The van der Waals surface area contributed by atoms with E-state index in [0.29, 0.717) is 0 Å². The highest BCUT2D eigenvalue weighted by Gasteiger charge is 2.19. The number of benzene rings is 9. The van der Waals surface area contributed by atoms with Crippen LogP contribution in [0.1, 0.15) is 0 Å². The molecule has 0 fully saturated rings. The standard InChI is InChI=1S/C50H32S/c1-3-14-33(15-4-1)35-18-11-20-38(30-35)48-41-22-7-8-23-42(41)49(39-21-12-19-36(31-39)34-16-5-2-6-17-34)45-32-37(28-29-43(45)48)40-25-13-27-47-50(40)44-24-9-10-26-46(44)51-47/h1-32H. The van der Waals surface area contributed by atoms with Crippen LogP contribution in [0.15, 0.2) is 194 Å². The SMILES string of the molecule is c1ccc(-c2cccc(-c3c4ccccc4c(-c4cccc(-c5ccccc5)c4)c4cc(-c5cccc6sc7ccccc7c56)ccc34)c2)cc1. The fourth-order valence-corrected chi connectivity index (χ4v) is 9.09. The number of hydrogen-bond acceptors (Lipinski definition) is 1. The Kier molecular flexibility index (Phi) is 7.11. The highest BCUT2D eigenvalue weighted by Crippen LogP contribution is 2.47. The summed E-state index contributed by atoms with van der Waals surface area (Å²) in [4.78, 5) is 0. The molecule has 0 aliphatic carbocycles. The van der Waals surface area contributed by atoms with Gasteiger partial charge in [-0.2, -0.15) is 0 Å². The third kappa shape index (κ3) is 5.05. The van der Waals surface area contributed by atoms with Gasteiger partial charge in [-0.1, -0.05) is 164 Å². The van der Waals surface area contributed by atoms with E-state index in [1.165, 1.54) is 97.4 Å². The molecule has 1 heterocycles. The molecular formula is C50H32S. The van der Waals surface area contributed by atoms with Gasteiger partial charge in [-0.15, -0.1) is 11.3 Å². The van der Waals surface area contributed by atoms with E-state index >= 15 is 0 Å². The molecule has 1 aromatic heterocycles. The highest BCUT2D eigenvalue weighted by atomic mass is 32.1. The third-order valence-corrected chi connectivity index (χ3v) is 11.4. The first-order valence-electron chi connectivity index (χ1n) is 17.5. The minimum atomic E-state index is 1.22. The lowest BCUT2D eigenvalue weighted by molar-refractivity contribution is 1.60. The average Bonchev–Trinajstić information content (AvgIpc) is 3.59. The second kappa shape index (κ2) is 12.2. The molecule has 0 spiro atoms. The van der Waals surface area contributed by atoms with E-state index in [1.54, 1.807) is 0 Å². The van der Waals surface area contributed by atoms with Crippen molar-refractivity contribution in [3.63, 3.8) is 0 Å². The molecule has 238 valence electrons. The lowest BCUT2D eigenvalue weighted by Crippen LogP contribution is -1.92. The van der Waals surface area contributed by atoms with Gasteiger partial charge in [-0.25, -0.2) is 0 Å². The van der Waals surface area contributed by atoms with Crippen molar-refractivity contribution in [1.29, 1.82) is 0 Å². The maximum Gasteiger partial charge on any atom is 0.0361 e. The van der Waals surface area contributed by atoms with Gasteiger partial charge >= 0.3 is 0 Å². The van der Waals surface area contributed by atoms with E-state index in [1.807, 2.05) is 11.3 Å². The molecule has 10 aromatic rings. The van der Waals surface area contributed by atoms with Crippen molar-refractivity contribution in [3.8, 4) is 55.6 Å². The Morgan fingerprint density at radius 1 is 0.255 bits per heavy atom. The van der Waals surface area contributed by atoms with Crippen LogP contribution < -0.4 is 0 Å². The van der Waals surface area contributed by atoms with E-state index in [4.69, 9.17) is 0 Å². The van der Waals surface area contributed by atoms with Gasteiger partial charge in [0, 0.05) is 20.2 Å². The first-order chi connectivity index (χ1) is 25.3. The summed E-state index contributed by atoms with van der Waals surface area (Å²) in [6, 6.07) is 71.3. The van der Waals surface area contributed by atoms with Gasteiger partial charge in [0.1, 0.15) is 0 Å². The van der Waals surface area contributed by atoms with Gasteiger partial charge in [-0.3, -0.25) is 0 Å². The van der Waals surface area contributed by atoms with Crippen LogP contribution in [-0.4, -0.2) is 0 Å². The molecule has 0 atom stereocenters. The Hall–Kier alpha value is -6.28. The summed E-state index contributed by atoms with van der Waals surface area (Å²) in [5, 5.41) is 7.68. The van der Waals surface area contributed by atoms with E-state index in [2.05, 4.69) is 194 Å². The first kappa shape index (κ1) is 29.6. The normalized spacial score (nSPS) is 11.5. The van der Waals surface area contributed by atoms with Crippen LogP contribution in [0, 0.1) is 0 Å². The highest BCUT2D eigenvalue weighted by molar-refractivity contribution is 7.25. The van der Waals surface area contributed by atoms with Crippen LogP contribution in [0.3, 0.4) is 0 Å². The summed E-state index contributed by atoms with van der Waals surface area (Å²) >= 11 is 1.87. The smallest absolute Gasteiger partial charge is 0.0361 e. The molecule has 0 radical (unpaired) electrons. The molecule has 10 rings (SSSR count). The summed E-state index contributed by atoms with van der Waals surface area (Å²) < 4.78 is 2.65. The Balaban J connectivity index is 1.30. The minimum absolute atomic E-state index is 1.22. The molecule has 0 bridgehead atoms. The summed E-state index contributed by atoms with van der Waals surface area (Å²) in [5.41, 5.74) is 12.4. The van der Waals surface area contributed by atoms with Gasteiger partial charge in [0.15, 0.2) is 0 Å². The van der Waals surface area contributed by atoms with Crippen molar-refractivity contribution in [2.24, 2.45) is 0 Å². The largest absolute Gasteiger partial charge is 0.135 e. The molecule has 1 heteroatoms. The summed E-state index contributed by atoms with van der Waals surface area (Å²) in [5.74, 6) is 0. The molecule has 0 aliphatic rings. The zero-order valence-corrected chi connectivity index (χ0v) is 28.7. The predicted octanol–water partition coefficient (Wildman–Crippen LogP) is 14.7. The van der Waals surface area contributed by atoms with Gasteiger partial charge in [0.2, 0.25) is 0 Å². The van der Waals surface area contributed by atoms with Crippen LogP contribution in [0.2, 0.25) is 0 Å². The number of hydrogen-bond donors (Lipinski definition) is 0. The minimum Gasteiger partial charge on any atom is -0.135 e. The van der Waals surface area contributed by atoms with E-state index < -0.39 is 0 Å². The van der Waals surface area contributed by atoms with Gasteiger partial charge in [0.25, 0.3) is 0 Å². The van der Waals surface area contributed by atoms with E-state index in [-0.39, 0.29) is 0 Å². The van der Waals surface area contributed by atoms with Crippen LogP contribution in [0.25, 0.3) is 97.4 Å². The zero-order valence-electron chi connectivity index (χ0n) is 27.9. The van der Waals surface area contributed by atoms with Crippen LogP contribution in [0.4, 0.5) is 0 Å². The van der Waals surface area contributed by atoms with Crippen molar-refractivity contribution in [3.05, 3.63) is 194 Å². The fourth-order valence-electron chi connectivity index (χ4n) is 7.95. The Morgan fingerprint density at radius 2 is 0.725 bits per heavy atom. The quantitative estimate of drug-likeness (QED) is 0.161. The van der Waals surface area contributed by atoms with E-state index in [9.17, 15) is 0 Å². The third-order valence-electron chi connectivity index (χ3n) is 10.3. The van der Waals surface area contributed by atoms with Gasteiger partial charge < -0.3 is 0 Å². The summed E-state index contributed by atoms with van der Waals surface area (Å²) in [6.07, 6.45) is 0. The molecule has 0 saturated heterocycles. The fraction of sp³-hybridized carbons (Fsp3) is 0. The second-order valence-electron chi connectivity index (χ2n) is 13.2. The van der Waals surface area contributed by atoms with Crippen molar-refractivity contribution < 1.29 is 0 Å². The van der Waals surface area contributed by atoms with Crippen molar-refractivity contribution in [2.45, 2.75) is 0 Å². The van der Waals surface area contributed by atoms with E-state index in [0.717, 1.165) is 0 Å². The van der Waals surface area contributed by atoms with Crippen molar-refractivity contribution in [1.82, 2.24) is 0 Å². The molecule has 0 N–H and O–H groups in total. The van der Waals surface area contributed by atoms with Gasteiger partial charge in [-0.05, 0) is 108 Å². The lowest BCUT2D eigenvalue weighted by atomic mass is 9.83. The summed E-state index contributed by atoms with van der Waals surface area (Å²) in [7, 11) is 0. The molecule has 51 heavy (non-hydrogen) atoms. The number of rotatable bonds is 5. The maximum absolute atomic E-state index is 2.46. The molecule has 0 amide bonds. The number of fused-ring (bicyclic) bond motifs is 5. The second-order valence-corrected chi connectivity index (χ2v) is 14.3. The molecule has 9 aromatic carbocycles. The van der Waals surface area contributed by atoms with Crippen LogP contribution >= 0.6 is 11.3 Å². The topological polar surface area (TPSA) is 0 Å². The van der Waals surface area contributed by atoms with Crippen LogP contribution in [-0.2, 0) is 0 Å². The summed E-state index contributed by atoms with van der Waals surface area (Å²) in [6.45, 7) is 0. The lowest BCUT2D eigenvalue weighted by Gasteiger charge is -2.20.